The van der Waals surface area contributed by atoms with Crippen LogP contribution in [0.2, 0.25) is 5.02 Å². The lowest BCUT2D eigenvalue weighted by Gasteiger charge is -2.16. The van der Waals surface area contributed by atoms with Crippen LogP contribution in [0, 0.1) is 0 Å². The molecule has 0 aliphatic heterocycles. The number of H-pyrrole nitrogens is 1. The summed E-state index contributed by atoms with van der Waals surface area (Å²) in [5.74, 6) is 1.25. The first-order valence-electron chi connectivity index (χ1n) is 7.11. The highest BCUT2D eigenvalue weighted by Gasteiger charge is 2.17. The van der Waals surface area contributed by atoms with E-state index in [1.807, 2.05) is 24.4 Å². The third-order valence-electron chi connectivity index (χ3n) is 3.74. The van der Waals surface area contributed by atoms with E-state index in [1.165, 1.54) is 11.1 Å². The minimum Gasteiger partial charge on any atom is -0.496 e. The Morgan fingerprint density at radius 3 is 2.87 bits per heavy atom. The molecule has 2 heterocycles. The van der Waals surface area contributed by atoms with E-state index in [4.69, 9.17) is 16.3 Å². The number of methoxy groups -OCH3 is 1. The minimum atomic E-state index is -0.0633. The van der Waals surface area contributed by atoms with Crippen LogP contribution in [0.15, 0.2) is 42.7 Å². The molecule has 1 amide bonds. The lowest BCUT2D eigenvalue weighted by Crippen LogP contribution is -2.28. The standard InChI is InChI=1S/C17H16ClN3O2/c1-21(15-7-6-12(18)10-20-15)16(22)8-11-9-19-13-4-3-5-14(23-2)17(11)13/h3-7,9-10,19H,8H2,1-2H3. The Bertz CT molecular complexity index is 843. The zero-order chi connectivity index (χ0) is 16.4. The van der Waals surface area contributed by atoms with E-state index in [0.717, 1.165) is 22.2 Å². The van der Waals surface area contributed by atoms with Crippen LogP contribution in [-0.2, 0) is 11.2 Å². The molecule has 0 bridgehead atoms. The summed E-state index contributed by atoms with van der Waals surface area (Å²) >= 11 is 5.83. The molecule has 1 aromatic carbocycles. The molecule has 23 heavy (non-hydrogen) atoms. The second kappa shape index (κ2) is 6.30. The first-order chi connectivity index (χ1) is 11.1. The maximum Gasteiger partial charge on any atom is 0.232 e. The number of aromatic nitrogens is 2. The van der Waals surface area contributed by atoms with Crippen molar-refractivity contribution < 1.29 is 9.53 Å². The number of amides is 1. The maximum absolute atomic E-state index is 12.5. The average molecular weight is 330 g/mol. The number of fused-ring (bicyclic) bond motifs is 1. The zero-order valence-corrected chi connectivity index (χ0v) is 13.6. The van der Waals surface area contributed by atoms with Crippen LogP contribution < -0.4 is 9.64 Å². The number of hydrogen-bond acceptors (Lipinski definition) is 3. The maximum atomic E-state index is 12.5. The van der Waals surface area contributed by atoms with E-state index >= 15 is 0 Å². The Morgan fingerprint density at radius 2 is 2.17 bits per heavy atom. The lowest BCUT2D eigenvalue weighted by molar-refractivity contribution is -0.117. The van der Waals surface area contributed by atoms with Crippen LogP contribution in [-0.4, -0.2) is 30.0 Å². The SMILES string of the molecule is COc1cccc2[nH]cc(CC(=O)N(C)c3ccc(Cl)cn3)c12. The van der Waals surface area contributed by atoms with Gasteiger partial charge < -0.3 is 9.72 Å². The van der Waals surface area contributed by atoms with Gasteiger partial charge in [0.2, 0.25) is 5.91 Å². The van der Waals surface area contributed by atoms with Gasteiger partial charge in [0.15, 0.2) is 0 Å². The second-order valence-corrected chi connectivity index (χ2v) is 5.60. The monoisotopic (exact) mass is 329 g/mol. The number of aromatic amines is 1. The van der Waals surface area contributed by atoms with Crippen molar-refractivity contribution in [1.82, 2.24) is 9.97 Å². The van der Waals surface area contributed by atoms with E-state index in [9.17, 15) is 4.79 Å². The number of carbonyl (C=O) groups excluding carboxylic acids is 1. The minimum absolute atomic E-state index is 0.0633. The number of ether oxygens (including phenoxy) is 1. The fraction of sp³-hybridized carbons (Fsp3) is 0.176. The van der Waals surface area contributed by atoms with Gasteiger partial charge in [0.25, 0.3) is 0 Å². The molecule has 6 heteroatoms. The number of rotatable bonds is 4. The molecular formula is C17H16ClN3O2. The van der Waals surface area contributed by atoms with Crippen molar-refractivity contribution in [3.63, 3.8) is 0 Å². The van der Waals surface area contributed by atoms with E-state index in [0.29, 0.717) is 10.8 Å². The third kappa shape index (κ3) is 3.00. The number of nitrogens with one attached hydrogen (secondary N) is 1. The number of nitrogens with zero attached hydrogens (tertiary/aromatic N) is 2. The summed E-state index contributed by atoms with van der Waals surface area (Å²) in [5, 5.41) is 1.47. The van der Waals surface area contributed by atoms with Gasteiger partial charge in [-0.05, 0) is 29.8 Å². The molecule has 0 atom stereocenters. The Labute approximate surface area is 138 Å². The molecule has 0 aliphatic rings. The van der Waals surface area contributed by atoms with Crippen molar-refractivity contribution >= 4 is 34.2 Å². The molecule has 0 unspecified atom stereocenters. The van der Waals surface area contributed by atoms with Gasteiger partial charge in [-0.25, -0.2) is 4.98 Å². The van der Waals surface area contributed by atoms with Gasteiger partial charge in [-0.15, -0.1) is 0 Å². The molecule has 0 spiro atoms. The third-order valence-corrected chi connectivity index (χ3v) is 3.96. The summed E-state index contributed by atoms with van der Waals surface area (Å²) in [6.45, 7) is 0. The van der Waals surface area contributed by atoms with Crippen molar-refractivity contribution in [2.24, 2.45) is 0 Å². The summed E-state index contributed by atoms with van der Waals surface area (Å²) in [6.07, 6.45) is 3.62. The van der Waals surface area contributed by atoms with Gasteiger partial charge in [0.05, 0.1) is 18.6 Å². The summed E-state index contributed by atoms with van der Waals surface area (Å²) in [6, 6.07) is 9.18. The van der Waals surface area contributed by atoms with E-state index in [2.05, 4.69) is 9.97 Å². The predicted octanol–water partition coefficient (Wildman–Crippen LogP) is 3.43. The number of anilines is 1. The molecule has 118 valence electrons. The molecule has 3 rings (SSSR count). The van der Waals surface area contributed by atoms with Crippen molar-refractivity contribution in [2.45, 2.75) is 6.42 Å². The van der Waals surface area contributed by atoms with Crippen molar-refractivity contribution in [1.29, 1.82) is 0 Å². The van der Waals surface area contributed by atoms with Crippen molar-refractivity contribution in [2.75, 3.05) is 19.1 Å². The normalized spacial score (nSPS) is 10.7. The summed E-state index contributed by atoms with van der Waals surface area (Å²) in [5.41, 5.74) is 1.84. The molecule has 0 saturated carbocycles. The van der Waals surface area contributed by atoms with Gasteiger partial charge in [0.1, 0.15) is 11.6 Å². The summed E-state index contributed by atoms with van der Waals surface area (Å²) in [7, 11) is 3.32. The van der Waals surface area contributed by atoms with Crippen LogP contribution in [0.4, 0.5) is 5.82 Å². The second-order valence-electron chi connectivity index (χ2n) is 5.16. The number of pyridine rings is 1. The smallest absolute Gasteiger partial charge is 0.232 e. The van der Waals surface area contributed by atoms with Gasteiger partial charge in [-0.3, -0.25) is 9.69 Å². The van der Waals surface area contributed by atoms with Crippen LogP contribution in [0.1, 0.15) is 5.56 Å². The Hall–Kier alpha value is -2.53. The van der Waals surface area contributed by atoms with Crippen LogP contribution in [0.5, 0.6) is 5.75 Å². The Balaban J connectivity index is 1.87. The molecular weight excluding hydrogens is 314 g/mol. The quantitative estimate of drug-likeness (QED) is 0.797. The predicted molar refractivity (Wildman–Crippen MR) is 91.2 cm³/mol. The molecule has 3 aromatic rings. The molecule has 1 N–H and O–H groups in total. The molecule has 0 fully saturated rings. The van der Waals surface area contributed by atoms with Crippen LogP contribution in [0.3, 0.4) is 0 Å². The highest BCUT2D eigenvalue weighted by molar-refractivity contribution is 6.30. The highest BCUT2D eigenvalue weighted by atomic mass is 35.5. The fourth-order valence-corrected chi connectivity index (χ4v) is 2.62. The Kier molecular flexibility index (Phi) is 4.21. The molecule has 0 saturated heterocycles. The summed E-state index contributed by atoms with van der Waals surface area (Å²) < 4.78 is 5.39. The summed E-state index contributed by atoms with van der Waals surface area (Å²) in [4.78, 5) is 21.4. The topological polar surface area (TPSA) is 58.2 Å². The zero-order valence-electron chi connectivity index (χ0n) is 12.8. The lowest BCUT2D eigenvalue weighted by atomic mass is 10.1. The van der Waals surface area contributed by atoms with E-state index in [1.54, 1.807) is 26.3 Å². The number of benzene rings is 1. The fourth-order valence-electron chi connectivity index (χ4n) is 2.50. The first kappa shape index (κ1) is 15.4. The van der Waals surface area contributed by atoms with Gasteiger partial charge in [-0.2, -0.15) is 0 Å². The van der Waals surface area contributed by atoms with Gasteiger partial charge in [-0.1, -0.05) is 17.7 Å². The van der Waals surface area contributed by atoms with Crippen molar-refractivity contribution in [3.8, 4) is 5.75 Å². The number of carbonyl (C=O) groups is 1. The average Bonchev–Trinajstić information content (AvgIpc) is 2.98. The largest absolute Gasteiger partial charge is 0.496 e. The van der Waals surface area contributed by atoms with Gasteiger partial charge >= 0.3 is 0 Å². The molecule has 0 radical (unpaired) electrons. The molecule has 5 nitrogen and oxygen atoms in total. The molecule has 0 aliphatic carbocycles. The molecule has 2 aromatic heterocycles. The van der Waals surface area contributed by atoms with Crippen LogP contribution >= 0.6 is 11.6 Å². The van der Waals surface area contributed by atoms with Crippen molar-refractivity contribution in [3.05, 3.63) is 53.3 Å². The number of halogens is 1. The highest BCUT2D eigenvalue weighted by Crippen LogP contribution is 2.29. The number of hydrogen-bond donors (Lipinski definition) is 1. The van der Waals surface area contributed by atoms with E-state index in [-0.39, 0.29) is 12.3 Å². The first-order valence-corrected chi connectivity index (χ1v) is 7.49. The van der Waals surface area contributed by atoms with Gasteiger partial charge in [0, 0.05) is 30.3 Å². The van der Waals surface area contributed by atoms with Crippen LogP contribution in [0.25, 0.3) is 10.9 Å². The van der Waals surface area contributed by atoms with E-state index < -0.39 is 0 Å². The Morgan fingerprint density at radius 1 is 1.35 bits per heavy atom. The number of likely N-dealkylation sites (N-methyl/N-ethyl adjacent to an activating group) is 1.